The average molecular weight is 336 g/mol. The molecular formula is C17H24N2O5. The molecule has 0 bridgehead atoms. The number of hydrogen-bond acceptors (Lipinski definition) is 4. The van der Waals surface area contributed by atoms with Gasteiger partial charge in [-0.2, -0.15) is 0 Å². The van der Waals surface area contributed by atoms with Gasteiger partial charge in [-0.15, -0.1) is 0 Å². The molecule has 132 valence electrons. The van der Waals surface area contributed by atoms with Crippen LogP contribution in [0.4, 0.5) is 4.79 Å². The quantitative estimate of drug-likeness (QED) is 0.622. The summed E-state index contributed by atoms with van der Waals surface area (Å²) in [6.45, 7) is 0.287. The molecule has 2 rings (SSSR count). The van der Waals surface area contributed by atoms with Gasteiger partial charge in [-0.3, -0.25) is 4.79 Å². The first kappa shape index (κ1) is 18.2. The maximum absolute atomic E-state index is 12.6. The van der Waals surface area contributed by atoms with Crippen LogP contribution in [0.1, 0.15) is 37.3 Å². The summed E-state index contributed by atoms with van der Waals surface area (Å²) in [6, 6.07) is 9.09. The molecule has 1 aliphatic rings. The lowest BCUT2D eigenvalue weighted by Gasteiger charge is -2.36. The molecule has 0 aliphatic carbocycles. The van der Waals surface area contributed by atoms with Gasteiger partial charge in [-0.05, 0) is 18.4 Å². The fourth-order valence-electron chi connectivity index (χ4n) is 2.89. The van der Waals surface area contributed by atoms with Crippen LogP contribution in [0.25, 0.3) is 0 Å². The molecule has 1 aromatic carbocycles. The third-order valence-corrected chi connectivity index (χ3v) is 4.44. The standard InChI is InChI=1S/C17H24N2O5/c20-12-4-7-14(13-5-2-1-3-6-13)18-15(21)17(24)8-10-19(11-9-17)16(22)23/h1-3,5-6,14,20,24H,4,7-12H2,(H,18,21)(H,22,23). The van der Waals surface area contributed by atoms with Crippen molar-refractivity contribution in [1.29, 1.82) is 0 Å². The van der Waals surface area contributed by atoms with Crippen LogP contribution in [-0.2, 0) is 4.79 Å². The smallest absolute Gasteiger partial charge is 0.407 e. The summed E-state index contributed by atoms with van der Waals surface area (Å²) in [4.78, 5) is 24.7. The number of carboxylic acid groups (broad SMARTS) is 1. The summed E-state index contributed by atoms with van der Waals surface area (Å²) in [5.41, 5.74) is -0.649. The second-order valence-corrected chi connectivity index (χ2v) is 6.10. The maximum atomic E-state index is 12.6. The van der Waals surface area contributed by atoms with E-state index < -0.39 is 17.6 Å². The van der Waals surface area contributed by atoms with Crippen molar-refractivity contribution in [2.45, 2.75) is 37.3 Å². The molecule has 1 aliphatic heterocycles. The summed E-state index contributed by atoms with van der Waals surface area (Å²) >= 11 is 0. The van der Waals surface area contributed by atoms with Crippen molar-refractivity contribution >= 4 is 12.0 Å². The second-order valence-electron chi connectivity index (χ2n) is 6.10. The lowest BCUT2D eigenvalue weighted by Crippen LogP contribution is -2.55. The number of nitrogens with one attached hydrogen (secondary N) is 1. The van der Waals surface area contributed by atoms with Gasteiger partial charge < -0.3 is 25.5 Å². The molecule has 24 heavy (non-hydrogen) atoms. The highest BCUT2D eigenvalue weighted by Crippen LogP contribution is 2.25. The Labute approximate surface area is 140 Å². The molecule has 1 unspecified atom stereocenters. The Morgan fingerprint density at radius 2 is 1.83 bits per heavy atom. The molecule has 1 heterocycles. The SMILES string of the molecule is O=C(O)N1CCC(O)(C(=O)NC(CCCO)c2ccccc2)CC1. The summed E-state index contributed by atoms with van der Waals surface area (Å²) in [6.07, 6.45) is 0.205. The van der Waals surface area contributed by atoms with Gasteiger partial charge in [0.15, 0.2) is 0 Å². The number of carbonyl (C=O) groups is 2. The molecule has 0 spiro atoms. The molecule has 0 aromatic heterocycles. The van der Waals surface area contributed by atoms with Gasteiger partial charge in [0, 0.05) is 32.5 Å². The zero-order valence-electron chi connectivity index (χ0n) is 13.5. The number of aliphatic hydroxyl groups is 2. The van der Waals surface area contributed by atoms with E-state index in [-0.39, 0.29) is 38.6 Å². The van der Waals surface area contributed by atoms with Gasteiger partial charge in [0.2, 0.25) is 0 Å². The monoisotopic (exact) mass is 336 g/mol. The topological polar surface area (TPSA) is 110 Å². The van der Waals surface area contributed by atoms with Gasteiger partial charge in [-0.1, -0.05) is 30.3 Å². The Morgan fingerprint density at radius 3 is 2.38 bits per heavy atom. The number of nitrogens with zero attached hydrogens (tertiary/aromatic N) is 1. The zero-order valence-corrected chi connectivity index (χ0v) is 13.5. The Hall–Kier alpha value is -2.12. The van der Waals surface area contributed by atoms with Crippen LogP contribution in [0.2, 0.25) is 0 Å². The Bertz CT molecular complexity index is 555. The molecular weight excluding hydrogens is 312 g/mol. The summed E-state index contributed by atoms with van der Waals surface area (Å²) in [7, 11) is 0. The van der Waals surface area contributed by atoms with Crippen molar-refractivity contribution in [2.24, 2.45) is 0 Å². The van der Waals surface area contributed by atoms with Gasteiger partial charge in [0.25, 0.3) is 5.91 Å². The highest BCUT2D eigenvalue weighted by Gasteiger charge is 2.41. The Kier molecular flexibility index (Phi) is 6.16. The van der Waals surface area contributed by atoms with E-state index in [2.05, 4.69) is 5.32 Å². The van der Waals surface area contributed by atoms with E-state index >= 15 is 0 Å². The number of hydrogen-bond donors (Lipinski definition) is 4. The number of piperidine rings is 1. The predicted molar refractivity (Wildman–Crippen MR) is 87.4 cm³/mol. The third-order valence-electron chi connectivity index (χ3n) is 4.44. The van der Waals surface area contributed by atoms with Gasteiger partial charge in [-0.25, -0.2) is 4.79 Å². The van der Waals surface area contributed by atoms with Crippen molar-refractivity contribution in [3.05, 3.63) is 35.9 Å². The van der Waals surface area contributed by atoms with E-state index in [1.54, 1.807) is 0 Å². The van der Waals surface area contributed by atoms with E-state index in [0.717, 1.165) is 5.56 Å². The van der Waals surface area contributed by atoms with Crippen LogP contribution in [0, 0.1) is 0 Å². The largest absolute Gasteiger partial charge is 0.465 e. The number of carbonyl (C=O) groups excluding carboxylic acids is 1. The van der Waals surface area contributed by atoms with Crippen LogP contribution in [0.15, 0.2) is 30.3 Å². The Morgan fingerprint density at radius 1 is 1.21 bits per heavy atom. The molecule has 0 radical (unpaired) electrons. The van der Waals surface area contributed by atoms with Crippen molar-refractivity contribution in [3.63, 3.8) is 0 Å². The minimum Gasteiger partial charge on any atom is -0.465 e. The molecule has 1 saturated heterocycles. The fourth-order valence-corrected chi connectivity index (χ4v) is 2.89. The van der Waals surface area contributed by atoms with Crippen molar-refractivity contribution in [1.82, 2.24) is 10.2 Å². The molecule has 2 amide bonds. The molecule has 4 N–H and O–H groups in total. The van der Waals surface area contributed by atoms with Crippen LogP contribution in [0.5, 0.6) is 0 Å². The average Bonchev–Trinajstić information content (AvgIpc) is 2.59. The maximum Gasteiger partial charge on any atom is 0.407 e. The van der Waals surface area contributed by atoms with Crippen molar-refractivity contribution < 1.29 is 24.9 Å². The predicted octanol–water partition coefficient (Wildman–Crippen LogP) is 1.12. The van der Waals surface area contributed by atoms with Gasteiger partial charge >= 0.3 is 6.09 Å². The first-order valence-electron chi connectivity index (χ1n) is 8.13. The summed E-state index contributed by atoms with van der Waals surface area (Å²) in [5.74, 6) is -0.487. The molecule has 1 aromatic rings. The van der Waals surface area contributed by atoms with Crippen LogP contribution in [-0.4, -0.2) is 57.5 Å². The van der Waals surface area contributed by atoms with E-state index in [9.17, 15) is 14.7 Å². The second kappa shape index (κ2) is 8.12. The van der Waals surface area contributed by atoms with Crippen LogP contribution >= 0.6 is 0 Å². The lowest BCUT2D eigenvalue weighted by molar-refractivity contribution is -0.145. The number of benzene rings is 1. The van der Waals surface area contributed by atoms with E-state index in [1.807, 2.05) is 30.3 Å². The minimum atomic E-state index is -1.56. The van der Waals surface area contributed by atoms with Crippen LogP contribution in [0.3, 0.4) is 0 Å². The normalized spacial score (nSPS) is 18.0. The van der Waals surface area contributed by atoms with Gasteiger partial charge in [0.05, 0.1) is 6.04 Å². The van der Waals surface area contributed by atoms with E-state index in [4.69, 9.17) is 10.2 Å². The molecule has 7 heteroatoms. The first-order valence-corrected chi connectivity index (χ1v) is 8.13. The zero-order chi connectivity index (χ0) is 17.6. The molecule has 0 saturated carbocycles. The van der Waals surface area contributed by atoms with E-state index in [0.29, 0.717) is 12.8 Å². The molecule has 1 fully saturated rings. The van der Waals surface area contributed by atoms with Crippen LogP contribution < -0.4 is 5.32 Å². The molecule has 7 nitrogen and oxygen atoms in total. The number of aliphatic hydroxyl groups excluding tert-OH is 1. The van der Waals surface area contributed by atoms with E-state index in [1.165, 1.54) is 4.90 Å². The summed E-state index contributed by atoms with van der Waals surface area (Å²) in [5, 5.41) is 31.4. The fraction of sp³-hybridized carbons (Fsp3) is 0.529. The highest BCUT2D eigenvalue weighted by molar-refractivity contribution is 5.85. The first-order chi connectivity index (χ1) is 11.5. The van der Waals surface area contributed by atoms with Gasteiger partial charge in [0.1, 0.15) is 5.60 Å². The number of amides is 2. The Balaban J connectivity index is 2.03. The minimum absolute atomic E-state index is 0.0248. The third kappa shape index (κ3) is 4.46. The van der Waals surface area contributed by atoms with Crippen molar-refractivity contribution in [3.8, 4) is 0 Å². The number of rotatable bonds is 6. The summed E-state index contributed by atoms with van der Waals surface area (Å²) < 4.78 is 0. The van der Waals surface area contributed by atoms with Crippen molar-refractivity contribution in [2.75, 3.05) is 19.7 Å². The number of likely N-dealkylation sites (tertiary alicyclic amines) is 1. The molecule has 1 atom stereocenters. The lowest BCUT2D eigenvalue weighted by atomic mass is 9.89. The highest BCUT2D eigenvalue weighted by atomic mass is 16.4.